The number of ether oxygens (including phenoxy) is 4. The molecule has 0 fully saturated rings. The molecule has 0 bridgehead atoms. The van der Waals surface area contributed by atoms with Crippen LogP contribution in [0.15, 0.2) is 42.5 Å². The van der Waals surface area contributed by atoms with Gasteiger partial charge >= 0.3 is 19.2 Å². The molecule has 0 heterocycles. The van der Waals surface area contributed by atoms with E-state index >= 15 is 0 Å². The molecular weight excluding hydrogens is 429 g/mol. The maximum atomic E-state index is 12.3. The minimum atomic E-state index is -1.80. The molecule has 0 saturated carbocycles. The van der Waals surface area contributed by atoms with Crippen molar-refractivity contribution in [1.29, 1.82) is 0 Å². The second-order valence-corrected chi connectivity index (χ2v) is 8.27. The van der Waals surface area contributed by atoms with Gasteiger partial charge in [0.25, 0.3) is 0 Å². The van der Waals surface area contributed by atoms with Crippen LogP contribution in [0.4, 0.5) is 4.79 Å². The highest BCUT2D eigenvalue weighted by molar-refractivity contribution is 6.59. The molecule has 2 rings (SSSR count). The second-order valence-electron chi connectivity index (χ2n) is 8.27. The van der Waals surface area contributed by atoms with Crippen molar-refractivity contribution in [3.05, 3.63) is 53.6 Å². The van der Waals surface area contributed by atoms with Crippen LogP contribution >= 0.6 is 0 Å². The molecule has 0 saturated heterocycles. The highest BCUT2D eigenvalue weighted by Crippen LogP contribution is 2.21. The Morgan fingerprint density at radius 1 is 1.06 bits per heavy atom. The first-order chi connectivity index (χ1) is 15.5. The Morgan fingerprint density at radius 2 is 1.73 bits per heavy atom. The first kappa shape index (κ1) is 26.0. The van der Waals surface area contributed by atoms with E-state index < -0.39 is 30.8 Å². The number of methoxy groups -OCH3 is 2. The maximum Gasteiger partial charge on any atom is 0.492 e. The number of hydrogen-bond acceptors (Lipinski definition) is 8. The quantitative estimate of drug-likeness (QED) is 0.382. The van der Waals surface area contributed by atoms with Gasteiger partial charge in [-0.25, -0.2) is 9.59 Å². The van der Waals surface area contributed by atoms with Crippen LogP contribution in [-0.2, 0) is 27.3 Å². The van der Waals surface area contributed by atoms with Crippen LogP contribution in [0.25, 0.3) is 0 Å². The lowest BCUT2D eigenvalue weighted by atomic mass is 9.78. The number of nitrogens with one attached hydrogen (secondary N) is 1. The molecule has 0 spiro atoms. The van der Waals surface area contributed by atoms with Gasteiger partial charge in [0.2, 0.25) is 0 Å². The zero-order valence-electron chi connectivity index (χ0n) is 19.5. The Hall–Kier alpha value is -3.24. The van der Waals surface area contributed by atoms with Crippen molar-refractivity contribution in [2.75, 3.05) is 14.2 Å². The fourth-order valence-electron chi connectivity index (χ4n) is 3.03. The van der Waals surface area contributed by atoms with Crippen molar-refractivity contribution in [1.82, 2.24) is 5.32 Å². The van der Waals surface area contributed by atoms with Crippen molar-refractivity contribution in [3.8, 4) is 11.5 Å². The second kappa shape index (κ2) is 11.6. The number of carbonyl (C=O) groups is 2. The van der Waals surface area contributed by atoms with E-state index in [2.05, 4.69) is 5.32 Å². The Kier molecular flexibility index (Phi) is 9.13. The maximum absolute atomic E-state index is 12.3. The average Bonchev–Trinajstić information content (AvgIpc) is 2.75. The summed E-state index contributed by atoms with van der Waals surface area (Å²) in [4.78, 5) is 24.6. The lowest BCUT2D eigenvalue weighted by molar-refractivity contribution is -0.143. The topological polar surface area (TPSA) is 124 Å². The molecule has 33 heavy (non-hydrogen) atoms. The van der Waals surface area contributed by atoms with Gasteiger partial charge in [0, 0.05) is 11.9 Å². The number of carbonyl (C=O) groups excluding carboxylic acids is 2. The number of benzene rings is 2. The Bertz CT molecular complexity index is 940. The van der Waals surface area contributed by atoms with E-state index in [-0.39, 0.29) is 24.2 Å². The van der Waals surface area contributed by atoms with Gasteiger partial charge in [-0.1, -0.05) is 30.3 Å². The van der Waals surface area contributed by atoms with E-state index in [9.17, 15) is 19.6 Å². The summed E-state index contributed by atoms with van der Waals surface area (Å²) in [6, 6.07) is 10.9. The molecule has 1 unspecified atom stereocenters. The predicted octanol–water partition coefficient (Wildman–Crippen LogP) is 1.56. The van der Waals surface area contributed by atoms with Gasteiger partial charge in [-0.2, -0.15) is 0 Å². The van der Waals surface area contributed by atoms with Crippen LogP contribution < -0.4 is 20.3 Å². The van der Waals surface area contributed by atoms with Gasteiger partial charge in [-0.05, 0) is 44.0 Å². The molecule has 0 radical (unpaired) electrons. The van der Waals surface area contributed by atoms with E-state index in [1.54, 1.807) is 52.1 Å². The summed E-state index contributed by atoms with van der Waals surface area (Å²) in [6.45, 7) is 5.24. The van der Waals surface area contributed by atoms with Crippen LogP contribution in [0.1, 0.15) is 31.9 Å². The van der Waals surface area contributed by atoms with E-state index in [1.165, 1.54) is 13.2 Å². The molecule has 1 atom stereocenters. The van der Waals surface area contributed by atoms with Crippen LogP contribution in [-0.4, -0.2) is 55.1 Å². The minimum Gasteiger partial charge on any atom is -0.497 e. The van der Waals surface area contributed by atoms with Gasteiger partial charge in [-0.3, -0.25) is 0 Å². The van der Waals surface area contributed by atoms with Crippen molar-refractivity contribution in [3.63, 3.8) is 0 Å². The third-order valence-electron chi connectivity index (χ3n) is 4.55. The fraction of sp³-hybridized carbons (Fsp3) is 0.391. The summed E-state index contributed by atoms with van der Waals surface area (Å²) in [5.41, 5.74) is 0.668. The summed E-state index contributed by atoms with van der Waals surface area (Å²) >= 11 is 0. The highest BCUT2D eigenvalue weighted by Gasteiger charge is 2.28. The molecule has 2 aromatic carbocycles. The van der Waals surface area contributed by atoms with Crippen molar-refractivity contribution >= 4 is 24.6 Å². The van der Waals surface area contributed by atoms with Crippen molar-refractivity contribution in [2.24, 2.45) is 0 Å². The SMILES string of the molecule is COC(=O)C(Cc1cccc(B(O)O)c1OCc1ccc(OC)cc1)NC(=O)OC(C)(C)C. The van der Waals surface area contributed by atoms with Gasteiger partial charge < -0.3 is 34.3 Å². The van der Waals surface area contributed by atoms with Crippen LogP contribution in [0.5, 0.6) is 11.5 Å². The Balaban J connectivity index is 2.29. The normalized spacial score (nSPS) is 11.8. The van der Waals surface area contributed by atoms with Crippen molar-refractivity contribution in [2.45, 2.75) is 45.4 Å². The third-order valence-corrected chi connectivity index (χ3v) is 4.55. The molecule has 0 aromatic heterocycles. The molecule has 2 aromatic rings. The number of hydrogen-bond donors (Lipinski definition) is 3. The van der Waals surface area contributed by atoms with Gasteiger partial charge in [0.05, 0.1) is 14.2 Å². The molecule has 3 N–H and O–H groups in total. The van der Waals surface area contributed by atoms with E-state index in [4.69, 9.17) is 18.9 Å². The molecule has 178 valence electrons. The zero-order chi connectivity index (χ0) is 24.6. The van der Waals surface area contributed by atoms with Gasteiger partial charge in [0.15, 0.2) is 0 Å². The monoisotopic (exact) mass is 459 g/mol. The summed E-state index contributed by atoms with van der Waals surface area (Å²) in [5.74, 6) is 0.208. The van der Waals surface area contributed by atoms with Crippen LogP contribution in [0.2, 0.25) is 0 Å². The fourth-order valence-corrected chi connectivity index (χ4v) is 3.03. The number of para-hydroxylation sites is 1. The number of alkyl carbamates (subject to hydrolysis) is 1. The van der Waals surface area contributed by atoms with E-state index in [0.29, 0.717) is 11.3 Å². The molecule has 1 amide bonds. The molecule has 10 heteroatoms. The zero-order valence-corrected chi connectivity index (χ0v) is 19.5. The molecule has 0 aliphatic carbocycles. The van der Waals surface area contributed by atoms with Gasteiger partial charge in [0.1, 0.15) is 29.7 Å². The average molecular weight is 459 g/mol. The number of esters is 1. The number of amides is 1. The molecule has 0 aliphatic heterocycles. The first-order valence-electron chi connectivity index (χ1n) is 10.3. The van der Waals surface area contributed by atoms with Gasteiger partial charge in [-0.15, -0.1) is 0 Å². The minimum absolute atomic E-state index is 0.0234. The smallest absolute Gasteiger partial charge is 0.492 e. The molecular formula is C23H30BNO8. The van der Waals surface area contributed by atoms with E-state index in [1.807, 2.05) is 12.1 Å². The summed E-state index contributed by atoms with van der Waals surface area (Å²) in [5, 5.41) is 22.2. The third kappa shape index (κ3) is 8.00. The first-order valence-corrected chi connectivity index (χ1v) is 10.3. The van der Waals surface area contributed by atoms with Crippen molar-refractivity contribution < 1.29 is 38.6 Å². The summed E-state index contributed by atoms with van der Waals surface area (Å²) < 4.78 is 21.1. The largest absolute Gasteiger partial charge is 0.497 e. The number of rotatable bonds is 9. The standard InChI is InChI=1S/C23H30BNO8/c1-23(2,3)33-22(27)25-19(21(26)31-5)13-16-7-6-8-18(24(28)29)20(16)32-14-15-9-11-17(30-4)12-10-15/h6-12,19,28-29H,13-14H2,1-5H3,(H,25,27). The van der Waals surface area contributed by atoms with Crippen LogP contribution in [0.3, 0.4) is 0 Å². The van der Waals surface area contributed by atoms with E-state index in [0.717, 1.165) is 5.56 Å². The Labute approximate surface area is 193 Å². The molecule has 0 aliphatic rings. The molecule has 9 nitrogen and oxygen atoms in total. The van der Waals surface area contributed by atoms with Crippen LogP contribution in [0, 0.1) is 0 Å². The lowest BCUT2D eigenvalue weighted by Crippen LogP contribution is -2.45. The summed E-state index contributed by atoms with van der Waals surface area (Å²) in [6.07, 6.45) is -0.804. The summed E-state index contributed by atoms with van der Waals surface area (Å²) in [7, 11) is 0.979. The highest BCUT2D eigenvalue weighted by atomic mass is 16.6. The Morgan fingerprint density at radius 3 is 2.27 bits per heavy atom. The lowest BCUT2D eigenvalue weighted by Gasteiger charge is -2.23. The predicted molar refractivity (Wildman–Crippen MR) is 122 cm³/mol.